The molecule has 0 spiro atoms. The summed E-state index contributed by atoms with van der Waals surface area (Å²) in [6.07, 6.45) is 1.67. The minimum atomic E-state index is -0.862. The second kappa shape index (κ2) is 5.24. The molecule has 3 rings (SSSR count). The van der Waals surface area contributed by atoms with Gasteiger partial charge in [0.1, 0.15) is 0 Å². The molecule has 1 aromatic carbocycles. The molecule has 0 aliphatic heterocycles. The predicted molar refractivity (Wildman–Crippen MR) is 76.3 cm³/mol. The third kappa shape index (κ3) is 2.69. The van der Waals surface area contributed by atoms with Gasteiger partial charge in [0, 0.05) is 6.20 Å². The summed E-state index contributed by atoms with van der Waals surface area (Å²) >= 11 is 0. The topological polar surface area (TPSA) is 76.6 Å². The number of carboxylic acid groups (broad SMARTS) is 1. The molecule has 2 aromatic heterocycles. The lowest BCUT2D eigenvalue weighted by Gasteiger charge is -2.02. The van der Waals surface area contributed by atoms with Crippen LogP contribution >= 0.6 is 0 Å². The normalized spacial score (nSPS) is 10.9. The van der Waals surface area contributed by atoms with E-state index >= 15 is 0 Å². The fraction of sp³-hybridized carbons (Fsp3) is 0.133. The van der Waals surface area contributed by atoms with Crippen molar-refractivity contribution in [3.63, 3.8) is 0 Å². The first-order chi connectivity index (χ1) is 10.1. The average molecular weight is 283 g/mol. The maximum Gasteiger partial charge on any atom is 0.350 e. The zero-order valence-electron chi connectivity index (χ0n) is 11.1. The second-order valence-corrected chi connectivity index (χ2v) is 4.76. The van der Waals surface area contributed by atoms with E-state index in [-0.39, 0.29) is 12.1 Å². The monoisotopic (exact) mass is 283 g/mol. The molecule has 6 nitrogen and oxygen atoms in total. The molecule has 2 heterocycles. The van der Waals surface area contributed by atoms with Gasteiger partial charge in [-0.15, -0.1) is 5.10 Å². The van der Waals surface area contributed by atoms with Crippen molar-refractivity contribution in [2.75, 3.05) is 0 Å². The zero-order valence-corrected chi connectivity index (χ0v) is 11.1. The third-order valence-corrected chi connectivity index (χ3v) is 3.20. The van der Waals surface area contributed by atoms with Crippen molar-refractivity contribution in [3.05, 3.63) is 70.3 Å². The summed E-state index contributed by atoms with van der Waals surface area (Å²) in [5.74, 6) is -0.862. The number of rotatable bonds is 4. The van der Waals surface area contributed by atoms with E-state index in [1.165, 1.54) is 9.08 Å². The number of carbonyl (C=O) groups is 1. The highest BCUT2D eigenvalue weighted by Crippen LogP contribution is 2.06. The van der Waals surface area contributed by atoms with E-state index in [1.807, 2.05) is 18.2 Å². The van der Waals surface area contributed by atoms with Crippen LogP contribution in [0.3, 0.4) is 0 Å². The van der Waals surface area contributed by atoms with Crippen LogP contribution in [0, 0.1) is 0 Å². The average Bonchev–Trinajstić information content (AvgIpc) is 2.78. The first-order valence-electron chi connectivity index (χ1n) is 6.47. The smallest absolute Gasteiger partial charge is 0.350 e. The molecule has 106 valence electrons. The van der Waals surface area contributed by atoms with Crippen LogP contribution < -0.4 is 5.69 Å². The van der Waals surface area contributed by atoms with Crippen molar-refractivity contribution in [3.8, 4) is 0 Å². The van der Waals surface area contributed by atoms with Crippen LogP contribution in [-0.2, 0) is 17.8 Å². The number of pyridine rings is 1. The zero-order chi connectivity index (χ0) is 14.8. The lowest BCUT2D eigenvalue weighted by Crippen LogP contribution is -2.21. The fourth-order valence-corrected chi connectivity index (χ4v) is 2.18. The van der Waals surface area contributed by atoms with Crippen molar-refractivity contribution in [1.82, 2.24) is 14.2 Å². The molecule has 6 heteroatoms. The molecule has 3 aromatic rings. The van der Waals surface area contributed by atoms with Crippen molar-refractivity contribution in [2.24, 2.45) is 0 Å². The van der Waals surface area contributed by atoms with E-state index in [2.05, 4.69) is 5.10 Å². The lowest BCUT2D eigenvalue weighted by molar-refractivity contribution is -0.136. The Morgan fingerprint density at radius 1 is 1.10 bits per heavy atom. The van der Waals surface area contributed by atoms with E-state index in [4.69, 9.17) is 5.11 Å². The Balaban J connectivity index is 1.86. The van der Waals surface area contributed by atoms with Gasteiger partial charge in [0.15, 0.2) is 5.65 Å². The molecule has 0 saturated carbocycles. The highest BCUT2D eigenvalue weighted by molar-refractivity contribution is 5.70. The van der Waals surface area contributed by atoms with Crippen LogP contribution in [0.1, 0.15) is 11.1 Å². The van der Waals surface area contributed by atoms with Crippen molar-refractivity contribution < 1.29 is 9.90 Å². The molecule has 0 radical (unpaired) electrons. The summed E-state index contributed by atoms with van der Waals surface area (Å²) in [7, 11) is 0. The predicted octanol–water partition coefficient (Wildman–Crippen LogP) is 1.17. The Morgan fingerprint density at radius 2 is 1.81 bits per heavy atom. The molecule has 0 aliphatic rings. The van der Waals surface area contributed by atoms with Crippen LogP contribution in [0.25, 0.3) is 5.65 Å². The van der Waals surface area contributed by atoms with Gasteiger partial charge in [0.25, 0.3) is 0 Å². The molecule has 0 amide bonds. The molecule has 1 N–H and O–H groups in total. The standard InChI is InChI=1S/C15H13N3O3/c19-14(20)9-11-4-6-12(7-5-11)10-18-15(21)17-8-2-1-3-13(17)16-18/h1-8H,9-10H2,(H,19,20). The Hall–Kier alpha value is -2.89. The Kier molecular flexibility index (Phi) is 3.27. The highest BCUT2D eigenvalue weighted by Gasteiger charge is 2.07. The van der Waals surface area contributed by atoms with Crippen LogP contribution in [0.15, 0.2) is 53.5 Å². The fourth-order valence-electron chi connectivity index (χ4n) is 2.18. The third-order valence-electron chi connectivity index (χ3n) is 3.20. The number of aromatic nitrogens is 3. The Morgan fingerprint density at radius 3 is 2.48 bits per heavy atom. The molecule has 0 fully saturated rings. The Bertz CT molecular complexity index is 846. The minimum Gasteiger partial charge on any atom is -0.481 e. The van der Waals surface area contributed by atoms with Gasteiger partial charge in [-0.25, -0.2) is 9.48 Å². The number of fused-ring (bicyclic) bond motifs is 1. The van der Waals surface area contributed by atoms with Crippen LogP contribution in [0.4, 0.5) is 0 Å². The van der Waals surface area contributed by atoms with Gasteiger partial charge in [-0.3, -0.25) is 9.20 Å². The van der Waals surface area contributed by atoms with Gasteiger partial charge >= 0.3 is 11.7 Å². The molecule has 0 bridgehead atoms. The van der Waals surface area contributed by atoms with Gasteiger partial charge in [-0.05, 0) is 23.3 Å². The van der Waals surface area contributed by atoms with Gasteiger partial charge < -0.3 is 5.11 Å². The molecule has 0 unspecified atom stereocenters. The van der Waals surface area contributed by atoms with E-state index in [0.29, 0.717) is 12.2 Å². The molecule has 0 atom stereocenters. The minimum absolute atomic E-state index is 0.00536. The number of hydrogen-bond donors (Lipinski definition) is 1. The number of aliphatic carboxylic acids is 1. The first kappa shape index (κ1) is 13.1. The SMILES string of the molecule is O=C(O)Cc1ccc(Cn2nc3ccccn3c2=O)cc1. The van der Waals surface area contributed by atoms with E-state index in [9.17, 15) is 9.59 Å². The van der Waals surface area contributed by atoms with Gasteiger partial charge in [-0.1, -0.05) is 30.3 Å². The quantitative estimate of drug-likeness (QED) is 0.779. The molecule has 21 heavy (non-hydrogen) atoms. The second-order valence-electron chi connectivity index (χ2n) is 4.76. The summed E-state index contributed by atoms with van der Waals surface area (Å²) in [6.45, 7) is 0.355. The number of nitrogens with zero attached hydrogens (tertiary/aromatic N) is 3. The molecule has 0 aliphatic carbocycles. The number of hydrogen-bond acceptors (Lipinski definition) is 3. The molecular formula is C15H13N3O3. The van der Waals surface area contributed by atoms with E-state index < -0.39 is 5.97 Å². The highest BCUT2D eigenvalue weighted by atomic mass is 16.4. The lowest BCUT2D eigenvalue weighted by atomic mass is 10.1. The van der Waals surface area contributed by atoms with Crippen LogP contribution in [-0.4, -0.2) is 25.3 Å². The molecular weight excluding hydrogens is 270 g/mol. The maximum atomic E-state index is 12.1. The number of benzene rings is 1. The van der Waals surface area contributed by atoms with E-state index in [1.54, 1.807) is 30.5 Å². The van der Waals surface area contributed by atoms with E-state index in [0.717, 1.165) is 11.1 Å². The summed E-state index contributed by atoms with van der Waals surface area (Å²) in [5.41, 5.74) is 2.04. The summed E-state index contributed by atoms with van der Waals surface area (Å²) in [4.78, 5) is 22.8. The summed E-state index contributed by atoms with van der Waals surface area (Å²) in [6, 6.07) is 12.5. The first-order valence-corrected chi connectivity index (χ1v) is 6.47. The molecule has 0 saturated heterocycles. The Labute approximate surface area is 119 Å². The summed E-state index contributed by atoms with van der Waals surface area (Å²) in [5, 5.41) is 13.0. The van der Waals surface area contributed by atoms with Crippen LogP contribution in [0.5, 0.6) is 0 Å². The van der Waals surface area contributed by atoms with Crippen molar-refractivity contribution in [2.45, 2.75) is 13.0 Å². The van der Waals surface area contributed by atoms with Gasteiger partial charge in [0.05, 0.1) is 13.0 Å². The maximum absolute atomic E-state index is 12.1. The van der Waals surface area contributed by atoms with Gasteiger partial charge in [-0.2, -0.15) is 0 Å². The van der Waals surface area contributed by atoms with Crippen molar-refractivity contribution >= 4 is 11.6 Å². The van der Waals surface area contributed by atoms with Crippen molar-refractivity contribution in [1.29, 1.82) is 0 Å². The van der Waals surface area contributed by atoms with Gasteiger partial charge in [0.2, 0.25) is 0 Å². The number of carboxylic acids is 1. The summed E-state index contributed by atoms with van der Waals surface area (Å²) < 4.78 is 2.88. The largest absolute Gasteiger partial charge is 0.481 e. The van der Waals surface area contributed by atoms with Crippen LogP contribution in [0.2, 0.25) is 0 Å².